The van der Waals surface area contributed by atoms with Gasteiger partial charge in [-0.25, -0.2) is 0 Å². The summed E-state index contributed by atoms with van der Waals surface area (Å²) in [7, 11) is 1.66. The molecule has 0 bridgehead atoms. The highest BCUT2D eigenvalue weighted by atomic mass is 16.1. The fourth-order valence-corrected chi connectivity index (χ4v) is 1.14. The van der Waals surface area contributed by atoms with Gasteiger partial charge in [-0.1, -0.05) is 34.0 Å². The zero-order chi connectivity index (χ0) is 8.20. The van der Waals surface area contributed by atoms with Gasteiger partial charge in [0.1, 0.15) is 0 Å². The molecule has 0 heterocycles. The van der Waals surface area contributed by atoms with Crippen molar-refractivity contribution in [3.8, 4) is 0 Å². The van der Waals surface area contributed by atoms with Crippen LogP contribution >= 0.6 is 0 Å². The van der Waals surface area contributed by atoms with Gasteiger partial charge in [0.15, 0.2) is 7.28 Å². The first-order valence-electron chi connectivity index (χ1n) is 3.88. The molecule has 0 amide bonds. The Morgan fingerprint density at radius 3 is 2.30 bits per heavy atom. The standard InChI is InChI=1S/C8H16BO/c1-5-6-8(2,3)7(10)9-4/h5-6H2,1-4H3. The predicted octanol–water partition coefficient (Wildman–Crippen LogP) is 2.09. The summed E-state index contributed by atoms with van der Waals surface area (Å²) in [6.07, 6.45) is 2.06. The van der Waals surface area contributed by atoms with Gasteiger partial charge in [-0.3, -0.25) is 0 Å². The van der Waals surface area contributed by atoms with E-state index < -0.39 is 0 Å². The highest BCUT2D eigenvalue weighted by Gasteiger charge is 2.23. The Hall–Kier alpha value is -0.265. The van der Waals surface area contributed by atoms with Crippen LogP contribution in [0.3, 0.4) is 0 Å². The molecule has 0 aliphatic rings. The largest absolute Gasteiger partial charge is 0.311 e. The molecule has 2 heteroatoms. The molecule has 0 rings (SSSR count). The minimum Gasteiger partial charge on any atom is -0.311 e. The van der Waals surface area contributed by atoms with Crippen LogP contribution in [-0.2, 0) is 4.79 Å². The SMILES string of the molecule is C[B]C(=O)C(C)(C)CCC. The molecule has 0 atom stereocenters. The minimum atomic E-state index is -0.135. The molecule has 0 spiro atoms. The molecule has 10 heavy (non-hydrogen) atoms. The molecule has 0 saturated heterocycles. The zero-order valence-corrected chi connectivity index (χ0v) is 7.40. The summed E-state index contributed by atoms with van der Waals surface area (Å²) < 4.78 is 0. The number of carbonyl (C=O) groups is 1. The number of rotatable bonds is 4. The third-order valence-electron chi connectivity index (χ3n) is 1.80. The molecule has 1 nitrogen and oxygen atoms in total. The Bertz CT molecular complexity index is 118. The summed E-state index contributed by atoms with van der Waals surface area (Å²) in [5.41, 5.74) is 0.123. The molecule has 1 radical (unpaired) electrons. The van der Waals surface area contributed by atoms with E-state index in [1.165, 1.54) is 0 Å². The molecule has 57 valence electrons. The van der Waals surface area contributed by atoms with Gasteiger partial charge < -0.3 is 4.79 Å². The fraction of sp³-hybridized carbons (Fsp3) is 0.875. The lowest BCUT2D eigenvalue weighted by atomic mass is 9.63. The van der Waals surface area contributed by atoms with E-state index in [2.05, 4.69) is 6.92 Å². The maximum atomic E-state index is 11.2. The van der Waals surface area contributed by atoms with Crippen molar-refractivity contribution in [1.29, 1.82) is 0 Å². The minimum absolute atomic E-state index is 0.135. The monoisotopic (exact) mass is 139 g/mol. The fourth-order valence-electron chi connectivity index (χ4n) is 1.14. The van der Waals surface area contributed by atoms with Crippen molar-refractivity contribution in [2.24, 2.45) is 5.41 Å². The second kappa shape index (κ2) is 3.79. The van der Waals surface area contributed by atoms with Gasteiger partial charge in [0.2, 0.25) is 0 Å². The van der Waals surface area contributed by atoms with Crippen molar-refractivity contribution in [3.63, 3.8) is 0 Å². The van der Waals surface area contributed by atoms with Gasteiger partial charge in [-0.15, -0.1) is 0 Å². The third-order valence-corrected chi connectivity index (χ3v) is 1.80. The number of hydrogen-bond donors (Lipinski definition) is 0. The smallest absolute Gasteiger partial charge is 0.199 e. The molecule has 0 aromatic heterocycles. The third kappa shape index (κ3) is 2.55. The van der Waals surface area contributed by atoms with Gasteiger partial charge in [0, 0.05) is 5.41 Å². The van der Waals surface area contributed by atoms with Crippen LogP contribution in [0.1, 0.15) is 33.6 Å². The summed E-state index contributed by atoms with van der Waals surface area (Å²) in [5, 5.41) is 0. The van der Waals surface area contributed by atoms with Gasteiger partial charge in [0.05, 0.1) is 5.68 Å². The van der Waals surface area contributed by atoms with Gasteiger partial charge in [0.25, 0.3) is 0 Å². The van der Waals surface area contributed by atoms with Crippen LogP contribution in [0.4, 0.5) is 0 Å². The molecule has 0 aromatic rings. The number of carbonyl (C=O) groups excluding carboxylic acids is 1. The van der Waals surface area contributed by atoms with Crippen LogP contribution < -0.4 is 0 Å². The molecule has 0 aliphatic heterocycles. The second-order valence-electron chi connectivity index (χ2n) is 3.29. The lowest BCUT2D eigenvalue weighted by Crippen LogP contribution is -2.27. The van der Waals surface area contributed by atoms with E-state index >= 15 is 0 Å². The predicted molar refractivity (Wildman–Crippen MR) is 45.3 cm³/mol. The Morgan fingerprint density at radius 1 is 1.50 bits per heavy atom. The summed E-state index contributed by atoms with van der Waals surface area (Å²) in [5.74, 6) is 0. The van der Waals surface area contributed by atoms with E-state index in [0.717, 1.165) is 12.8 Å². The van der Waals surface area contributed by atoms with Gasteiger partial charge >= 0.3 is 0 Å². The summed E-state index contributed by atoms with van der Waals surface area (Å²) >= 11 is 0. The first kappa shape index (κ1) is 9.73. The molecule has 0 aromatic carbocycles. The maximum absolute atomic E-state index is 11.2. The molecular weight excluding hydrogens is 123 g/mol. The quantitative estimate of drug-likeness (QED) is 0.545. The molecule has 0 unspecified atom stereocenters. The van der Waals surface area contributed by atoms with Crippen LogP contribution in [0.25, 0.3) is 0 Å². The Morgan fingerprint density at radius 2 is 2.00 bits per heavy atom. The average molecular weight is 139 g/mol. The highest BCUT2D eigenvalue weighted by molar-refractivity contribution is 6.73. The van der Waals surface area contributed by atoms with Gasteiger partial charge in [-0.2, -0.15) is 0 Å². The molecule has 0 aliphatic carbocycles. The summed E-state index contributed by atoms with van der Waals surface area (Å²) in [6, 6.07) is 0. The van der Waals surface area contributed by atoms with Crippen LogP contribution in [0.15, 0.2) is 0 Å². The van der Waals surface area contributed by atoms with Crippen molar-refractivity contribution in [1.82, 2.24) is 0 Å². The maximum Gasteiger partial charge on any atom is 0.199 e. The molecule has 0 fully saturated rings. The molecular formula is C8H16BO. The van der Waals surface area contributed by atoms with Crippen LogP contribution in [-0.4, -0.2) is 13.0 Å². The second-order valence-corrected chi connectivity index (χ2v) is 3.29. The van der Waals surface area contributed by atoms with Crippen molar-refractivity contribution in [2.45, 2.75) is 40.4 Å². The van der Waals surface area contributed by atoms with Crippen molar-refractivity contribution in [3.05, 3.63) is 0 Å². The summed E-state index contributed by atoms with van der Waals surface area (Å²) in [4.78, 5) is 11.2. The Labute approximate surface area is 64.4 Å². The number of hydrogen-bond acceptors (Lipinski definition) is 1. The van der Waals surface area contributed by atoms with Crippen LogP contribution in [0, 0.1) is 5.41 Å². The van der Waals surface area contributed by atoms with Crippen molar-refractivity contribution in [2.75, 3.05) is 0 Å². The molecule has 0 saturated carbocycles. The normalized spacial score (nSPS) is 11.2. The summed E-state index contributed by atoms with van der Waals surface area (Å²) in [6.45, 7) is 7.90. The Balaban J connectivity index is 3.96. The van der Waals surface area contributed by atoms with E-state index in [4.69, 9.17) is 0 Å². The van der Waals surface area contributed by atoms with E-state index in [1.54, 1.807) is 14.1 Å². The van der Waals surface area contributed by atoms with Crippen LogP contribution in [0.2, 0.25) is 6.82 Å². The lowest BCUT2D eigenvalue weighted by Gasteiger charge is -2.21. The van der Waals surface area contributed by atoms with Crippen LogP contribution in [0.5, 0.6) is 0 Å². The first-order chi connectivity index (χ1) is 4.54. The highest BCUT2D eigenvalue weighted by Crippen LogP contribution is 2.22. The van der Waals surface area contributed by atoms with Gasteiger partial charge in [-0.05, 0) is 6.42 Å². The first-order valence-corrected chi connectivity index (χ1v) is 3.88. The zero-order valence-electron chi connectivity index (χ0n) is 7.40. The Kier molecular flexibility index (Phi) is 3.69. The van der Waals surface area contributed by atoms with E-state index in [9.17, 15) is 4.79 Å². The van der Waals surface area contributed by atoms with Crippen molar-refractivity contribution >= 4 is 13.0 Å². The van der Waals surface area contributed by atoms with E-state index in [0.29, 0.717) is 0 Å². The average Bonchev–Trinajstić information content (AvgIpc) is 1.86. The lowest BCUT2D eigenvalue weighted by molar-refractivity contribution is -0.119. The van der Waals surface area contributed by atoms with Crippen molar-refractivity contribution < 1.29 is 4.79 Å². The van der Waals surface area contributed by atoms with E-state index in [-0.39, 0.29) is 11.1 Å². The van der Waals surface area contributed by atoms with E-state index in [1.807, 2.05) is 13.8 Å². The topological polar surface area (TPSA) is 17.1 Å². The molecule has 0 N–H and O–H groups in total.